The molecule has 1 aliphatic heterocycles. The fraction of sp³-hybridized carbons (Fsp3) is 0.800. The third-order valence-corrected chi connectivity index (χ3v) is 3.14. The van der Waals surface area contributed by atoms with E-state index in [0.717, 1.165) is 6.42 Å². The van der Waals surface area contributed by atoms with Crippen molar-refractivity contribution < 1.29 is 19.1 Å². The largest absolute Gasteiger partial charge is 0.458 e. The summed E-state index contributed by atoms with van der Waals surface area (Å²) < 4.78 is 10.4. The zero-order valence-electron chi connectivity index (χ0n) is 8.41. The molecule has 0 radical (unpaired) electrons. The number of carbonyl (C=O) groups is 2. The quantitative estimate of drug-likeness (QED) is 0.590. The molecule has 4 nitrogen and oxygen atoms in total. The molecule has 0 aromatic rings. The maximum atomic E-state index is 11.3. The molecule has 4 heteroatoms. The molecule has 0 amide bonds. The van der Waals surface area contributed by atoms with Gasteiger partial charge in [0.15, 0.2) is 0 Å². The molecule has 2 bridgehead atoms. The van der Waals surface area contributed by atoms with Gasteiger partial charge in [-0.1, -0.05) is 0 Å². The Labute approximate surface area is 82.6 Å². The standard InChI is InChI=1S/C10H14O4/c1-6(11)14-10(2)4-3-7-5-8(10)13-9(7)12/h7-8H,3-5H2,1-2H3/t7-,8?,10?/m0/s1. The van der Waals surface area contributed by atoms with Crippen LogP contribution >= 0.6 is 0 Å². The van der Waals surface area contributed by atoms with E-state index in [-0.39, 0.29) is 24.0 Å². The summed E-state index contributed by atoms with van der Waals surface area (Å²) in [6, 6.07) is 0. The molecule has 2 fully saturated rings. The van der Waals surface area contributed by atoms with Crippen LogP contribution in [0.2, 0.25) is 0 Å². The first-order valence-corrected chi connectivity index (χ1v) is 4.91. The van der Waals surface area contributed by atoms with Crippen molar-refractivity contribution in [3.05, 3.63) is 0 Å². The van der Waals surface area contributed by atoms with Crippen LogP contribution in [0.3, 0.4) is 0 Å². The number of fused-ring (bicyclic) bond motifs is 2. The molecule has 1 heterocycles. The number of rotatable bonds is 1. The lowest BCUT2D eigenvalue weighted by molar-refractivity contribution is -0.174. The Balaban J connectivity index is 2.14. The van der Waals surface area contributed by atoms with Gasteiger partial charge in [-0.25, -0.2) is 0 Å². The van der Waals surface area contributed by atoms with Crippen LogP contribution < -0.4 is 0 Å². The van der Waals surface area contributed by atoms with Crippen LogP contribution in [0, 0.1) is 5.92 Å². The van der Waals surface area contributed by atoms with Gasteiger partial charge in [0.05, 0.1) is 5.92 Å². The number of hydrogen-bond donors (Lipinski definition) is 0. The van der Waals surface area contributed by atoms with Crippen LogP contribution in [-0.4, -0.2) is 23.6 Å². The molecule has 3 atom stereocenters. The predicted molar refractivity (Wildman–Crippen MR) is 47.4 cm³/mol. The van der Waals surface area contributed by atoms with Gasteiger partial charge in [-0.2, -0.15) is 0 Å². The molecule has 1 saturated heterocycles. The average Bonchev–Trinajstić information content (AvgIpc) is 2.38. The molecule has 14 heavy (non-hydrogen) atoms. The second-order valence-corrected chi connectivity index (χ2v) is 4.30. The molecule has 0 aromatic carbocycles. The zero-order valence-corrected chi connectivity index (χ0v) is 8.41. The average molecular weight is 198 g/mol. The van der Waals surface area contributed by atoms with E-state index in [4.69, 9.17) is 9.47 Å². The number of ether oxygens (including phenoxy) is 2. The van der Waals surface area contributed by atoms with E-state index in [0.29, 0.717) is 12.8 Å². The van der Waals surface area contributed by atoms with E-state index in [2.05, 4.69) is 0 Å². The van der Waals surface area contributed by atoms with Crippen LogP contribution in [0.4, 0.5) is 0 Å². The SMILES string of the molecule is CC(=O)OC1(C)CC[C@H]2CC1OC2=O. The Kier molecular flexibility index (Phi) is 2.01. The first-order valence-electron chi connectivity index (χ1n) is 4.91. The topological polar surface area (TPSA) is 52.6 Å². The summed E-state index contributed by atoms with van der Waals surface area (Å²) in [7, 11) is 0. The third-order valence-electron chi connectivity index (χ3n) is 3.14. The smallest absolute Gasteiger partial charge is 0.309 e. The van der Waals surface area contributed by atoms with Crippen LogP contribution in [0.25, 0.3) is 0 Å². The van der Waals surface area contributed by atoms with Crippen molar-refractivity contribution >= 4 is 11.9 Å². The summed E-state index contributed by atoms with van der Waals surface area (Å²) in [5.74, 6) is -0.414. The molecule has 0 spiro atoms. The molecule has 1 aliphatic carbocycles. The highest BCUT2D eigenvalue weighted by Gasteiger charge is 2.51. The van der Waals surface area contributed by atoms with E-state index in [1.54, 1.807) is 0 Å². The lowest BCUT2D eigenvalue weighted by Crippen LogP contribution is -2.45. The Morgan fingerprint density at radius 2 is 2.36 bits per heavy atom. The minimum atomic E-state index is -0.603. The molecule has 78 valence electrons. The lowest BCUT2D eigenvalue weighted by Gasteiger charge is -2.35. The number of hydrogen-bond acceptors (Lipinski definition) is 4. The van der Waals surface area contributed by atoms with Gasteiger partial charge < -0.3 is 9.47 Å². The Morgan fingerprint density at radius 3 is 3.00 bits per heavy atom. The van der Waals surface area contributed by atoms with E-state index < -0.39 is 5.60 Å². The van der Waals surface area contributed by atoms with Gasteiger partial charge in [-0.15, -0.1) is 0 Å². The van der Waals surface area contributed by atoms with Gasteiger partial charge in [0.25, 0.3) is 0 Å². The molecule has 2 rings (SSSR count). The van der Waals surface area contributed by atoms with Gasteiger partial charge in [-0.3, -0.25) is 9.59 Å². The fourth-order valence-electron chi connectivity index (χ4n) is 2.32. The van der Waals surface area contributed by atoms with Crippen LogP contribution in [0.1, 0.15) is 33.1 Å². The number of carbonyl (C=O) groups excluding carboxylic acids is 2. The van der Waals surface area contributed by atoms with Crippen molar-refractivity contribution in [3.8, 4) is 0 Å². The van der Waals surface area contributed by atoms with E-state index >= 15 is 0 Å². The van der Waals surface area contributed by atoms with Crippen molar-refractivity contribution in [2.75, 3.05) is 0 Å². The monoisotopic (exact) mass is 198 g/mol. The van der Waals surface area contributed by atoms with Gasteiger partial charge in [-0.05, 0) is 19.8 Å². The maximum Gasteiger partial charge on any atom is 0.309 e. The second kappa shape index (κ2) is 2.97. The Morgan fingerprint density at radius 1 is 1.64 bits per heavy atom. The molecule has 2 unspecified atom stereocenters. The van der Waals surface area contributed by atoms with Crippen molar-refractivity contribution in [1.29, 1.82) is 0 Å². The van der Waals surface area contributed by atoms with Gasteiger partial charge in [0.1, 0.15) is 11.7 Å². The minimum Gasteiger partial charge on any atom is -0.458 e. The molecular formula is C10H14O4. The van der Waals surface area contributed by atoms with Gasteiger partial charge in [0.2, 0.25) is 0 Å². The number of esters is 2. The van der Waals surface area contributed by atoms with Crippen molar-refractivity contribution in [2.45, 2.75) is 44.8 Å². The summed E-state index contributed by atoms with van der Waals surface area (Å²) in [6.07, 6.45) is 1.94. The minimum absolute atomic E-state index is 0.0311. The van der Waals surface area contributed by atoms with E-state index in [9.17, 15) is 9.59 Å². The predicted octanol–water partition coefficient (Wildman–Crippen LogP) is 1.03. The van der Waals surface area contributed by atoms with Gasteiger partial charge >= 0.3 is 11.9 Å². The molecule has 0 N–H and O–H groups in total. The first kappa shape index (κ1) is 9.49. The van der Waals surface area contributed by atoms with E-state index in [1.165, 1.54) is 6.92 Å². The first-order chi connectivity index (χ1) is 6.51. The van der Waals surface area contributed by atoms with Crippen molar-refractivity contribution in [1.82, 2.24) is 0 Å². The lowest BCUT2D eigenvalue weighted by atomic mass is 9.80. The molecule has 2 aliphatic rings. The Bertz CT molecular complexity index is 286. The summed E-state index contributed by atoms with van der Waals surface area (Å²) in [5, 5.41) is 0. The molecular weight excluding hydrogens is 184 g/mol. The van der Waals surface area contributed by atoms with Crippen LogP contribution in [0.15, 0.2) is 0 Å². The summed E-state index contributed by atoms with van der Waals surface area (Å²) in [5.41, 5.74) is -0.603. The zero-order chi connectivity index (χ0) is 10.3. The third kappa shape index (κ3) is 1.38. The van der Waals surface area contributed by atoms with Gasteiger partial charge in [0, 0.05) is 13.3 Å². The maximum absolute atomic E-state index is 11.3. The van der Waals surface area contributed by atoms with E-state index in [1.807, 2.05) is 6.92 Å². The highest BCUT2D eigenvalue weighted by atomic mass is 16.6. The fourth-order valence-corrected chi connectivity index (χ4v) is 2.32. The Hall–Kier alpha value is -1.06. The second-order valence-electron chi connectivity index (χ2n) is 4.30. The highest BCUT2D eigenvalue weighted by Crippen LogP contribution is 2.42. The normalized spacial score (nSPS) is 40.6. The van der Waals surface area contributed by atoms with Crippen molar-refractivity contribution in [3.63, 3.8) is 0 Å². The van der Waals surface area contributed by atoms with Crippen molar-refractivity contribution in [2.24, 2.45) is 5.92 Å². The summed E-state index contributed by atoms with van der Waals surface area (Å²) >= 11 is 0. The van der Waals surface area contributed by atoms with Crippen LogP contribution in [0.5, 0.6) is 0 Å². The summed E-state index contributed by atoms with van der Waals surface area (Å²) in [4.78, 5) is 22.2. The molecule has 0 aromatic heterocycles. The summed E-state index contributed by atoms with van der Waals surface area (Å²) in [6.45, 7) is 3.22. The van der Waals surface area contributed by atoms with Crippen LogP contribution in [-0.2, 0) is 19.1 Å². The molecule has 1 saturated carbocycles. The highest BCUT2D eigenvalue weighted by molar-refractivity contribution is 5.75.